The first-order valence-electron chi connectivity index (χ1n) is 12.2. The fraction of sp³-hybridized carbons (Fsp3) is 0.321. The minimum atomic E-state index is -1.65. The first-order valence-corrected chi connectivity index (χ1v) is 13.1. The van der Waals surface area contributed by atoms with Gasteiger partial charge in [0.15, 0.2) is 0 Å². The second-order valence-corrected chi connectivity index (χ2v) is 9.89. The number of hydrogen-bond donors (Lipinski definition) is 1. The number of esters is 2. The van der Waals surface area contributed by atoms with E-state index in [2.05, 4.69) is 10.3 Å². The molecular weight excluding hydrogens is 506 g/mol. The highest BCUT2D eigenvalue weighted by Gasteiger charge is 2.42. The number of nitrogens with one attached hydrogen (secondary N) is 1. The monoisotopic (exact) mass is 535 g/mol. The summed E-state index contributed by atoms with van der Waals surface area (Å²) >= 11 is 1.38. The molecule has 0 unspecified atom stereocenters. The maximum Gasteiger partial charge on any atom is 0.303 e. The predicted octanol–water partition coefficient (Wildman–Crippen LogP) is 2.80. The Morgan fingerprint density at radius 2 is 1.61 bits per heavy atom. The van der Waals surface area contributed by atoms with Gasteiger partial charge in [-0.05, 0) is 23.1 Å². The molecule has 2 aromatic carbocycles. The van der Waals surface area contributed by atoms with E-state index in [1.165, 1.54) is 16.2 Å². The van der Waals surface area contributed by atoms with Crippen molar-refractivity contribution < 1.29 is 28.7 Å². The van der Waals surface area contributed by atoms with Crippen LogP contribution in [-0.4, -0.2) is 52.4 Å². The average molecular weight is 536 g/mol. The predicted molar refractivity (Wildman–Crippen MR) is 140 cm³/mol. The topological polar surface area (TPSA) is 115 Å². The average Bonchev–Trinajstić information content (AvgIpc) is 3.36. The highest BCUT2D eigenvalue weighted by atomic mass is 32.1. The Balaban J connectivity index is 1.46. The molecule has 9 nitrogen and oxygen atoms in total. The van der Waals surface area contributed by atoms with Crippen molar-refractivity contribution in [2.45, 2.75) is 52.0 Å². The van der Waals surface area contributed by atoms with Gasteiger partial charge >= 0.3 is 11.9 Å². The summed E-state index contributed by atoms with van der Waals surface area (Å²) in [5, 5.41) is 5.24. The standard InChI is InChI=1S/C28H29N3O6S/c1-18(32)36-25(27(34)29-15-24-30-23(17-38-24)14-20-8-4-3-5-9-20)26(37-19(2)33)28(35)31-13-12-21-10-6-7-11-22(21)16-31/h3-11,17,25-26H,12-16H2,1-2H3,(H,29,34)/t25-,26-/m1/s1. The lowest BCUT2D eigenvalue weighted by Gasteiger charge is -2.33. The molecule has 0 radical (unpaired) electrons. The molecule has 4 rings (SSSR count). The van der Waals surface area contributed by atoms with Crippen LogP contribution in [0.15, 0.2) is 60.0 Å². The number of carbonyl (C=O) groups is 4. The molecule has 0 saturated carbocycles. The van der Waals surface area contributed by atoms with Gasteiger partial charge in [-0.1, -0.05) is 54.6 Å². The smallest absolute Gasteiger partial charge is 0.303 e. The summed E-state index contributed by atoms with van der Waals surface area (Å²) in [6, 6.07) is 17.6. The van der Waals surface area contributed by atoms with E-state index >= 15 is 0 Å². The second-order valence-electron chi connectivity index (χ2n) is 8.95. The third-order valence-corrected chi connectivity index (χ3v) is 6.94. The maximum atomic E-state index is 13.5. The van der Waals surface area contributed by atoms with Gasteiger partial charge in [-0.15, -0.1) is 11.3 Å². The minimum absolute atomic E-state index is 0.0636. The SMILES string of the molecule is CC(=O)O[C@@H](C(=O)NCc1nc(Cc2ccccc2)cs1)[C@@H](OC(C)=O)C(=O)N1CCc2ccccc2C1. The first-order chi connectivity index (χ1) is 18.3. The van der Waals surface area contributed by atoms with E-state index in [0.717, 1.165) is 36.2 Å². The van der Waals surface area contributed by atoms with Crippen LogP contribution >= 0.6 is 11.3 Å². The summed E-state index contributed by atoms with van der Waals surface area (Å²) in [4.78, 5) is 56.5. The Labute approximate surface area is 224 Å². The quantitative estimate of drug-likeness (QED) is 0.419. The number of amides is 2. The Morgan fingerprint density at radius 3 is 2.32 bits per heavy atom. The molecule has 2 atom stereocenters. The zero-order valence-corrected chi connectivity index (χ0v) is 22.0. The molecule has 198 valence electrons. The molecule has 1 N–H and O–H groups in total. The zero-order chi connectivity index (χ0) is 27.1. The summed E-state index contributed by atoms with van der Waals surface area (Å²) in [7, 11) is 0. The maximum absolute atomic E-state index is 13.5. The van der Waals surface area contributed by atoms with Crippen molar-refractivity contribution in [1.29, 1.82) is 0 Å². The molecule has 10 heteroatoms. The van der Waals surface area contributed by atoms with Crippen molar-refractivity contribution in [3.05, 3.63) is 87.4 Å². The van der Waals surface area contributed by atoms with Crippen molar-refractivity contribution >= 4 is 35.1 Å². The second kappa shape index (κ2) is 12.5. The van der Waals surface area contributed by atoms with E-state index in [1.54, 1.807) is 0 Å². The van der Waals surface area contributed by atoms with Crippen molar-refractivity contribution in [1.82, 2.24) is 15.2 Å². The molecule has 2 amide bonds. The number of aromatic nitrogens is 1. The zero-order valence-electron chi connectivity index (χ0n) is 21.2. The van der Waals surface area contributed by atoms with Crippen molar-refractivity contribution in [3.63, 3.8) is 0 Å². The molecule has 0 aliphatic carbocycles. The largest absolute Gasteiger partial charge is 0.448 e. The van der Waals surface area contributed by atoms with Crippen molar-refractivity contribution in [3.8, 4) is 0 Å². The molecular formula is C28H29N3O6S. The van der Waals surface area contributed by atoms with Crippen LogP contribution < -0.4 is 5.32 Å². The van der Waals surface area contributed by atoms with Crippen LogP contribution in [0, 0.1) is 0 Å². The summed E-state index contributed by atoms with van der Waals surface area (Å²) in [5.74, 6) is -2.90. The molecule has 0 saturated heterocycles. The number of hydrogen-bond acceptors (Lipinski definition) is 8. The van der Waals surface area contributed by atoms with E-state index in [4.69, 9.17) is 9.47 Å². The fourth-order valence-electron chi connectivity index (χ4n) is 4.30. The first kappa shape index (κ1) is 27.0. The van der Waals surface area contributed by atoms with Crippen LogP contribution in [0.2, 0.25) is 0 Å². The Hall–Kier alpha value is -4.05. The Kier molecular flexibility index (Phi) is 8.85. The van der Waals surface area contributed by atoms with Crippen LogP contribution in [0.4, 0.5) is 0 Å². The van der Waals surface area contributed by atoms with Crippen LogP contribution in [0.1, 0.15) is 41.2 Å². The van der Waals surface area contributed by atoms with Crippen LogP contribution in [0.3, 0.4) is 0 Å². The van der Waals surface area contributed by atoms with E-state index < -0.39 is 36.0 Å². The summed E-state index contributed by atoms with van der Waals surface area (Å²) in [5.41, 5.74) is 4.08. The molecule has 1 aromatic heterocycles. The van der Waals surface area contributed by atoms with Gasteiger partial charge in [-0.2, -0.15) is 0 Å². The summed E-state index contributed by atoms with van der Waals surface area (Å²) in [6.45, 7) is 3.01. The number of thiazole rings is 1. The lowest BCUT2D eigenvalue weighted by Crippen LogP contribution is -2.54. The van der Waals surface area contributed by atoms with Gasteiger partial charge in [0.25, 0.3) is 11.8 Å². The van der Waals surface area contributed by atoms with E-state index in [-0.39, 0.29) is 6.54 Å². The van der Waals surface area contributed by atoms with E-state index in [0.29, 0.717) is 30.9 Å². The molecule has 38 heavy (non-hydrogen) atoms. The Morgan fingerprint density at radius 1 is 0.947 bits per heavy atom. The van der Waals surface area contributed by atoms with Gasteiger partial charge in [0.2, 0.25) is 12.2 Å². The molecule has 1 aliphatic heterocycles. The molecule has 0 bridgehead atoms. The molecule has 0 fully saturated rings. The van der Waals surface area contributed by atoms with Gasteiger partial charge in [-0.25, -0.2) is 4.98 Å². The van der Waals surface area contributed by atoms with E-state index in [9.17, 15) is 19.2 Å². The van der Waals surface area contributed by atoms with Crippen molar-refractivity contribution in [2.75, 3.05) is 6.54 Å². The number of benzene rings is 2. The number of ether oxygens (including phenoxy) is 2. The van der Waals surface area contributed by atoms with Gasteiger partial charge in [0, 0.05) is 38.7 Å². The number of rotatable bonds is 9. The lowest BCUT2D eigenvalue weighted by atomic mass is 9.99. The normalized spacial score (nSPS) is 14.1. The van der Waals surface area contributed by atoms with Crippen LogP contribution in [-0.2, 0) is 54.6 Å². The number of fused-ring (bicyclic) bond motifs is 1. The van der Waals surface area contributed by atoms with Crippen LogP contribution in [0.25, 0.3) is 0 Å². The van der Waals surface area contributed by atoms with Gasteiger partial charge in [0.05, 0.1) is 12.2 Å². The van der Waals surface area contributed by atoms with Gasteiger partial charge in [-0.3, -0.25) is 19.2 Å². The third kappa shape index (κ3) is 7.04. The van der Waals surface area contributed by atoms with Crippen LogP contribution in [0.5, 0.6) is 0 Å². The molecule has 2 heterocycles. The highest BCUT2D eigenvalue weighted by molar-refractivity contribution is 7.09. The summed E-state index contributed by atoms with van der Waals surface area (Å²) in [6.07, 6.45) is -1.99. The summed E-state index contributed by atoms with van der Waals surface area (Å²) < 4.78 is 10.5. The third-order valence-electron chi connectivity index (χ3n) is 6.05. The van der Waals surface area contributed by atoms with Gasteiger partial charge in [0.1, 0.15) is 5.01 Å². The fourth-order valence-corrected chi connectivity index (χ4v) is 5.03. The minimum Gasteiger partial charge on any atom is -0.448 e. The molecule has 1 aliphatic rings. The molecule has 0 spiro atoms. The number of nitrogens with zero attached hydrogens (tertiary/aromatic N) is 2. The molecule has 3 aromatic rings. The highest BCUT2D eigenvalue weighted by Crippen LogP contribution is 2.21. The van der Waals surface area contributed by atoms with E-state index in [1.807, 2.05) is 60.0 Å². The Bertz CT molecular complexity index is 1310. The van der Waals surface area contributed by atoms with Gasteiger partial charge < -0.3 is 19.7 Å². The lowest BCUT2D eigenvalue weighted by molar-refractivity contribution is -0.178. The number of carbonyl (C=O) groups excluding carboxylic acids is 4. The van der Waals surface area contributed by atoms with Crippen molar-refractivity contribution in [2.24, 2.45) is 0 Å².